The second-order valence-electron chi connectivity index (χ2n) is 3.57. The van der Waals surface area contributed by atoms with Crippen LogP contribution in [0.2, 0.25) is 0 Å². The number of aliphatic hydroxyl groups is 1. The third-order valence-electron chi connectivity index (χ3n) is 2.45. The molecule has 1 heterocycles. The molecule has 0 aromatic carbocycles. The summed E-state index contributed by atoms with van der Waals surface area (Å²) < 4.78 is 10.7. The van der Waals surface area contributed by atoms with Crippen LogP contribution in [0.3, 0.4) is 0 Å². The summed E-state index contributed by atoms with van der Waals surface area (Å²) in [5.74, 6) is 0.435. The summed E-state index contributed by atoms with van der Waals surface area (Å²) in [5.41, 5.74) is 0. The van der Waals surface area contributed by atoms with Crippen LogP contribution >= 0.6 is 0 Å². The highest BCUT2D eigenvalue weighted by Gasteiger charge is 2.30. The number of rotatable bonds is 2. The summed E-state index contributed by atoms with van der Waals surface area (Å²) in [4.78, 5) is 0. The Kier molecular flexibility index (Phi) is 3.50. The molecular weight excluding hydrogens is 156 g/mol. The monoisotopic (exact) mass is 174 g/mol. The minimum Gasteiger partial charge on any atom is -0.391 e. The van der Waals surface area contributed by atoms with E-state index in [1.165, 1.54) is 0 Å². The molecule has 0 saturated carbocycles. The van der Waals surface area contributed by atoms with Crippen LogP contribution in [-0.4, -0.2) is 30.7 Å². The minimum atomic E-state index is -0.393. The average Bonchev–Trinajstić information content (AvgIpc) is 2.05. The van der Waals surface area contributed by atoms with Crippen molar-refractivity contribution in [3.8, 4) is 0 Å². The molecule has 0 spiro atoms. The SMILES string of the molecule is COC1OC(C(C)O)CCC1C. The van der Waals surface area contributed by atoms with Gasteiger partial charge in [0.2, 0.25) is 0 Å². The fraction of sp³-hybridized carbons (Fsp3) is 1.00. The van der Waals surface area contributed by atoms with E-state index in [-0.39, 0.29) is 12.4 Å². The maximum Gasteiger partial charge on any atom is 0.160 e. The van der Waals surface area contributed by atoms with Gasteiger partial charge in [-0.2, -0.15) is 0 Å². The summed E-state index contributed by atoms with van der Waals surface area (Å²) in [6.07, 6.45) is 1.41. The van der Waals surface area contributed by atoms with E-state index in [2.05, 4.69) is 6.92 Å². The van der Waals surface area contributed by atoms with Gasteiger partial charge in [-0.3, -0.25) is 0 Å². The smallest absolute Gasteiger partial charge is 0.160 e. The molecule has 0 amide bonds. The van der Waals surface area contributed by atoms with Crippen LogP contribution in [0.4, 0.5) is 0 Å². The predicted octanol–water partition coefficient (Wildman–Crippen LogP) is 1.15. The first kappa shape index (κ1) is 9.96. The molecule has 4 atom stereocenters. The van der Waals surface area contributed by atoms with Gasteiger partial charge in [0.25, 0.3) is 0 Å². The Bertz CT molecular complexity index is 136. The van der Waals surface area contributed by atoms with Gasteiger partial charge in [-0.05, 0) is 19.8 Å². The molecule has 3 heteroatoms. The first-order valence-electron chi connectivity index (χ1n) is 4.51. The quantitative estimate of drug-likeness (QED) is 0.682. The van der Waals surface area contributed by atoms with Crippen molar-refractivity contribution in [3.05, 3.63) is 0 Å². The molecule has 1 aliphatic heterocycles. The number of methoxy groups -OCH3 is 1. The lowest BCUT2D eigenvalue weighted by Crippen LogP contribution is -2.40. The molecule has 12 heavy (non-hydrogen) atoms. The molecule has 0 radical (unpaired) electrons. The van der Waals surface area contributed by atoms with Crippen LogP contribution < -0.4 is 0 Å². The Morgan fingerprint density at radius 2 is 2.17 bits per heavy atom. The topological polar surface area (TPSA) is 38.7 Å². The van der Waals surface area contributed by atoms with Gasteiger partial charge in [0.1, 0.15) is 0 Å². The Hall–Kier alpha value is -0.120. The van der Waals surface area contributed by atoms with Gasteiger partial charge < -0.3 is 14.6 Å². The molecule has 0 bridgehead atoms. The third-order valence-corrected chi connectivity index (χ3v) is 2.45. The van der Waals surface area contributed by atoms with Crippen LogP contribution in [0.25, 0.3) is 0 Å². The van der Waals surface area contributed by atoms with E-state index >= 15 is 0 Å². The third kappa shape index (κ3) is 2.19. The van der Waals surface area contributed by atoms with Crippen LogP contribution in [-0.2, 0) is 9.47 Å². The van der Waals surface area contributed by atoms with Crippen molar-refractivity contribution in [1.82, 2.24) is 0 Å². The lowest BCUT2D eigenvalue weighted by molar-refractivity contribution is -0.223. The number of hydrogen-bond donors (Lipinski definition) is 1. The van der Waals surface area contributed by atoms with Gasteiger partial charge >= 0.3 is 0 Å². The van der Waals surface area contributed by atoms with E-state index in [1.807, 2.05) is 0 Å². The molecule has 3 nitrogen and oxygen atoms in total. The molecule has 0 aromatic rings. The van der Waals surface area contributed by atoms with Crippen molar-refractivity contribution in [1.29, 1.82) is 0 Å². The second-order valence-corrected chi connectivity index (χ2v) is 3.57. The lowest BCUT2D eigenvalue weighted by atomic mass is 9.96. The van der Waals surface area contributed by atoms with Gasteiger partial charge in [0, 0.05) is 13.0 Å². The highest BCUT2D eigenvalue weighted by atomic mass is 16.7. The van der Waals surface area contributed by atoms with Gasteiger partial charge in [-0.15, -0.1) is 0 Å². The second kappa shape index (κ2) is 4.21. The summed E-state index contributed by atoms with van der Waals surface area (Å²) in [6.45, 7) is 3.86. The zero-order valence-corrected chi connectivity index (χ0v) is 7.99. The van der Waals surface area contributed by atoms with Crippen molar-refractivity contribution < 1.29 is 14.6 Å². The maximum atomic E-state index is 9.30. The van der Waals surface area contributed by atoms with E-state index in [0.29, 0.717) is 5.92 Å². The van der Waals surface area contributed by atoms with Gasteiger partial charge in [0.05, 0.1) is 12.2 Å². The van der Waals surface area contributed by atoms with E-state index in [9.17, 15) is 5.11 Å². The largest absolute Gasteiger partial charge is 0.391 e. The molecule has 0 aliphatic carbocycles. The Labute approximate surface area is 73.7 Å². The summed E-state index contributed by atoms with van der Waals surface area (Å²) >= 11 is 0. The van der Waals surface area contributed by atoms with Gasteiger partial charge in [-0.25, -0.2) is 0 Å². The summed E-state index contributed by atoms with van der Waals surface area (Å²) in [5, 5.41) is 9.30. The summed E-state index contributed by atoms with van der Waals surface area (Å²) in [6, 6.07) is 0. The summed E-state index contributed by atoms with van der Waals surface area (Å²) in [7, 11) is 1.64. The van der Waals surface area contributed by atoms with Crippen LogP contribution in [0, 0.1) is 5.92 Å². The van der Waals surface area contributed by atoms with Crippen LogP contribution in [0.5, 0.6) is 0 Å². The average molecular weight is 174 g/mol. The molecule has 0 aromatic heterocycles. The van der Waals surface area contributed by atoms with Crippen molar-refractivity contribution in [2.75, 3.05) is 7.11 Å². The van der Waals surface area contributed by atoms with Crippen molar-refractivity contribution >= 4 is 0 Å². The fourth-order valence-electron chi connectivity index (χ4n) is 1.58. The Balaban J connectivity index is 2.44. The van der Waals surface area contributed by atoms with Gasteiger partial charge in [0.15, 0.2) is 6.29 Å². The normalized spacial score (nSPS) is 39.5. The highest BCUT2D eigenvalue weighted by Crippen LogP contribution is 2.26. The van der Waals surface area contributed by atoms with E-state index < -0.39 is 6.10 Å². The molecule has 1 saturated heterocycles. The number of hydrogen-bond acceptors (Lipinski definition) is 3. The molecular formula is C9H18O3. The van der Waals surface area contributed by atoms with Crippen LogP contribution in [0.15, 0.2) is 0 Å². The molecule has 1 aliphatic rings. The maximum absolute atomic E-state index is 9.30. The fourth-order valence-corrected chi connectivity index (χ4v) is 1.58. The van der Waals surface area contributed by atoms with Crippen molar-refractivity contribution in [3.63, 3.8) is 0 Å². The van der Waals surface area contributed by atoms with E-state index in [4.69, 9.17) is 9.47 Å². The minimum absolute atomic E-state index is 0.0499. The molecule has 1 rings (SSSR count). The molecule has 72 valence electrons. The van der Waals surface area contributed by atoms with E-state index in [0.717, 1.165) is 12.8 Å². The lowest BCUT2D eigenvalue weighted by Gasteiger charge is -2.34. The standard InChI is InChI=1S/C9H18O3/c1-6-4-5-8(7(2)10)12-9(6)11-3/h6-10H,4-5H2,1-3H3. The first-order valence-corrected chi connectivity index (χ1v) is 4.51. The molecule has 1 N–H and O–H groups in total. The van der Waals surface area contributed by atoms with Crippen LogP contribution in [0.1, 0.15) is 26.7 Å². The van der Waals surface area contributed by atoms with Crippen molar-refractivity contribution in [2.24, 2.45) is 5.92 Å². The molecule has 1 fully saturated rings. The van der Waals surface area contributed by atoms with E-state index in [1.54, 1.807) is 14.0 Å². The zero-order chi connectivity index (χ0) is 9.14. The van der Waals surface area contributed by atoms with Crippen molar-refractivity contribution in [2.45, 2.75) is 45.2 Å². The molecule has 4 unspecified atom stereocenters. The Morgan fingerprint density at radius 1 is 1.50 bits per heavy atom. The number of aliphatic hydroxyl groups excluding tert-OH is 1. The first-order chi connectivity index (χ1) is 5.65. The Morgan fingerprint density at radius 3 is 2.67 bits per heavy atom. The number of ether oxygens (including phenoxy) is 2. The zero-order valence-electron chi connectivity index (χ0n) is 7.99. The highest BCUT2D eigenvalue weighted by molar-refractivity contribution is 4.74. The predicted molar refractivity (Wildman–Crippen MR) is 45.7 cm³/mol. The van der Waals surface area contributed by atoms with Gasteiger partial charge in [-0.1, -0.05) is 6.92 Å².